The summed E-state index contributed by atoms with van der Waals surface area (Å²) >= 11 is 9.53. The van der Waals surface area contributed by atoms with Crippen molar-refractivity contribution in [3.05, 3.63) is 83.5 Å². The summed E-state index contributed by atoms with van der Waals surface area (Å²) in [6.45, 7) is 0.521. The van der Waals surface area contributed by atoms with Crippen LogP contribution < -0.4 is 0 Å². The minimum Gasteiger partial charge on any atom is -0.240 e. The van der Waals surface area contributed by atoms with Gasteiger partial charge in [-0.25, -0.2) is 9.36 Å². The van der Waals surface area contributed by atoms with E-state index in [2.05, 4.69) is 38.7 Å². The number of terminal acetylenes is 1. The number of thioether (sulfide) groups is 1. The minimum absolute atomic E-state index is 0.521. The summed E-state index contributed by atoms with van der Waals surface area (Å²) < 4.78 is 3.68. The van der Waals surface area contributed by atoms with Crippen molar-refractivity contribution < 1.29 is 0 Å². The van der Waals surface area contributed by atoms with E-state index in [9.17, 15) is 0 Å². The lowest BCUT2D eigenvalue weighted by molar-refractivity contribution is 0.669. The average molecular weight is 489 g/mol. The van der Waals surface area contributed by atoms with Crippen LogP contribution >= 0.6 is 35.1 Å². The van der Waals surface area contributed by atoms with Crippen molar-refractivity contribution in [3.63, 3.8) is 0 Å². The molecule has 0 radical (unpaired) electrons. The molecule has 33 heavy (non-hydrogen) atoms. The molecule has 0 bridgehead atoms. The van der Waals surface area contributed by atoms with E-state index in [0.717, 1.165) is 37.1 Å². The normalized spacial score (nSPS) is 11.0. The van der Waals surface area contributed by atoms with Gasteiger partial charge in [0.1, 0.15) is 10.5 Å². The van der Waals surface area contributed by atoms with Crippen LogP contribution in [0.4, 0.5) is 0 Å². The Balaban J connectivity index is 1.56. The Morgan fingerprint density at radius 2 is 1.82 bits per heavy atom. The van der Waals surface area contributed by atoms with Gasteiger partial charge < -0.3 is 0 Å². The fourth-order valence-corrected chi connectivity index (χ4v) is 5.26. The smallest absolute Gasteiger partial charge is 0.127 e. The van der Waals surface area contributed by atoms with Gasteiger partial charge in [0.05, 0.1) is 29.7 Å². The van der Waals surface area contributed by atoms with E-state index >= 15 is 0 Å². The summed E-state index contributed by atoms with van der Waals surface area (Å²) in [4.78, 5) is 2.00. The molecule has 0 saturated heterocycles. The van der Waals surface area contributed by atoms with Crippen LogP contribution in [0.5, 0.6) is 0 Å². The van der Waals surface area contributed by atoms with Crippen LogP contribution in [0.15, 0.2) is 87.7 Å². The van der Waals surface area contributed by atoms with Gasteiger partial charge in [-0.05, 0) is 35.9 Å². The second-order valence-electron chi connectivity index (χ2n) is 7.04. The SMILES string of the molecule is C#CCSc1cc(Sc2cnnn2-c2ccccc2)c2nnn(Cc3ccccc3Cl)c2c1. The molecule has 0 aliphatic rings. The molecule has 3 aromatic carbocycles. The molecule has 0 atom stereocenters. The number of hydrogen-bond acceptors (Lipinski definition) is 6. The third-order valence-corrected chi connectivity index (χ3v) is 7.16. The van der Waals surface area contributed by atoms with Crippen LogP contribution in [0, 0.1) is 12.3 Å². The minimum atomic E-state index is 0.521. The van der Waals surface area contributed by atoms with Crippen molar-refractivity contribution in [2.75, 3.05) is 5.75 Å². The van der Waals surface area contributed by atoms with Crippen LogP contribution in [0.1, 0.15) is 5.56 Å². The van der Waals surface area contributed by atoms with Gasteiger partial charge in [0.25, 0.3) is 0 Å². The number of aromatic nitrogens is 6. The highest BCUT2D eigenvalue weighted by molar-refractivity contribution is 8.00. The van der Waals surface area contributed by atoms with E-state index < -0.39 is 0 Å². The van der Waals surface area contributed by atoms with E-state index in [4.69, 9.17) is 18.0 Å². The largest absolute Gasteiger partial charge is 0.240 e. The zero-order chi connectivity index (χ0) is 22.6. The van der Waals surface area contributed by atoms with Crippen molar-refractivity contribution in [2.45, 2.75) is 21.4 Å². The van der Waals surface area contributed by atoms with E-state index in [-0.39, 0.29) is 0 Å². The summed E-state index contributed by atoms with van der Waals surface area (Å²) in [5.74, 6) is 3.27. The first kappa shape index (κ1) is 21.6. The second kappa shape index (κ2) is 9.71. The van der Waals surface area contributed by atoms with Crippen molar-refractivity contribution in [1.29, 1.82) is 0 Å². The summed E-state index contributed by atoms with van der Waals surface area (Å²) in [6.07, 6.45) is 7.26. The molecule has 162 valence electrons. The molecule has 0 aliphatic carbocycles. The van der Waals surface area contributed by atoms with Gasteiger partial charge in [-0.2, -0.15) is 0 Å². The quantitative estimate of drug-likeness (QED) is 0.220. The highest BCUT2D eigenvalue weighted by Gasteiger charge is 2.16. The van der Waals surface area contributed by atoms with Crippen molar-refractivity contribution >= 4 is 46.2 Å². The molecule has 0 fully saturated rings. The molecule has 0 aliphatic heterocycles. The lowest BCUT2D eigenvalue weighted by Crippen LogP contribution is -2.02. The molecule has 0 spiro atoms. The summed E-state index contributed by atoms with van der Waals surface area (Å²) in [6, 6.07) is 21.8. The number of rotatable bonds is 7. The third-order valence-electron chi connectivity index (χ3n) is 4.89. The molecule has 2 heterocycles. The highest BCUT2D eigenvalue weighted by atomic mass is 35.5. The Labute approximate surface area is 204 Å². The van der Waals surface area contributed by atoms with E-state index in [0.29, 0.717) is 17.3 Å². The maximum absolute atomic E-state index is 6.39. The van der Waals surface area contributed by atoms with Crippen molar-refractivity contribution in [1.82, 2.24) is 30.0 Å². The molecule has 0 N–H and O–H groups in total. The van der Waals surface area contributed by atoms with E-state index in [1.165, 1.54) is 0 Å². The fraction of sp³-hybridized carbons (Fsp3) is 0.0833. The number of fused-ring (bicyclic) bond motifs is 1. The predicted molar refractivity (Wildman–Crippen MR) is 133 cm³/mol. The predicted octanol–water partition coefficient (Wildman–Crippen LogP) is 5.59. The first-order valence-electron chi connectivity index (χ1n) is 10.0. The Morgan fingerprint density at radius 1 is 1.00 bits per heavy atom. The van der Waals surface area contributed by atoms with Gasteiger partial charge in [-0.15, -0.1) is 28.4 Å². The van der Waals surface area contributed by atoms with Gasteiger partial charge >= 0.3 is 0 Å². The van der Waals surface area contributed by atoms with Crippen LogP contribution in [-0.4, -0.2) is 35.7 Å². The zero-order valence-electron chi connectivity index (χ0n) is 17.3. The molecule has 0 amide bonds. The number of hydrogen-bond donors (Lipinski definition) is 0. The van der Waals surface area contributed by atoms with Crippen LogP contribution in [0.2, 0.25) is 5.02 Å². The molecule has 0 saturated carbocycles. The molecule has 9 heteroatoms. The monoisotopic (exact) mass is 488 g/mol. The van der Waals surface area contributed by atoms with Gasteiger partial charge in [-0.1, -0.05) is 76.1 Å². The number of benzene rings is 3. The number of nitrogens with zero attached hydrogens (tertiary/aromatic N) is 6. The second-order valence-corrected chi connectivity index (χ2v) is 9.56. The van der Waals surface area contributed by atoms with Gasteiger partial charge in [0.2, 0.25) is 0 Å². The first-order valence-corrected chi connectivity index (χ1v) is 12.2. The molecule has 6 nitrogen and oxygen atoms in total. The Morgan fingerprint density at radius 3 is 2.64 bits per heavy atom. The molecular weight excluding hydrogens is 472 g/mol. The zero-order valence-corrected chi connectivity index (χ0v) is 19.7. The molecule has 0 unspecified atom stereocenters. The van der Waals surface area contributed by atoms with Gasteiger partial charge in [-0.3, -0.25) is 0 Å². The third kappa shape index (κ3) is 4.62. The van der Waals surface area contributed by atoms with Crippen LogP contribution in [0.25, 0.3) is 16.7 Å². The lowest BCUT2D eigenvalue weighted by atomic mass is 10.2. The number of halogens is 1. The van der Waals surface area contributed by atoms with Gasteiger partial charge in [0.15, 0.2) is 0 Å². The molecule has 5 rings (SSSR count). The van der Waals surface area contributed by atoms with E-state index in [1.807, 2.05) is 64.0 Å². The standard InChI is InChI=1S/C24H17ClN6S2/c1-2-12-32-19-13-21-24(27-29-30(21)16-17-8-6-7-11-20(17)25)22(14-19)33-23-15-26-28-31(23)18-9-4-3-5-10-18/h1,3-11,13-15H,12,16H2. The fourth-order valence-electron chi connectivity index (χ4n) is 3.36. The van der Waals surface area contributed by atoms with Gasteiger partial charge in [0, 0.05) is 14.8 Å². The Hall–Kier alpha value is -3.25. The first-order chi connectivity index (χ1) is 16.2. The maximum Gasteiger partial charge on any atom is 0.127 e. The Bertz CT molecular complexity index is 1460. The number of para-hydroxylation sites is 1. The average Bonchev–Trinajstić information content (AvgIpc) is 3.47. The van der Waals surface area contributed by atoms with Crippen molar-refractivity contribution in [2.24, 2.45) is 0 Å². The summed E-state index contributed by atoms with van der Waals surface area (Å²) in [5.41, 5.74) is 3.64. The molecule has 5 aromatic rings. The highest BCUT2D eigenvalue weighted by Crippen LogP contribution is 2.36. The van der Waals surface area contributed by atoms with Crippen molar-refractivity contribution in [3.8, 4) is 18.0 Å². The topological polar surface area (TPSA) is 61.4 Å². The summed E-state index contributed by atoms with van der Waals surface area (Å²) in [5, 5.41) is 18.9. The van der Waals surface area contributed by atoms with E-state index in [1.54, 1.807) is 29.7 Å². The molecular formula is C24H17ClN6S2. The Kier molecular flexibility index (Phi) is 6.35. The molecule has 2 aromatic heterocycles. The van der Waals surface area contributed by atoms with Crippen LogP contribution in [-0.2, 0) is 6.54 Å². The summed E-state index contributed by atoms with van der Waals surface area (Å²) in [7, 11) is 0. The lowest BCUT2D eigenvalue weighted by Gasteiger charge is -2.09. The maximum atomic E-state index is 6.39. The van der Waals surface area contributed by atoms with Crippen LogP contribution in [0.3, 0.4) is 0 Å².